The van der Waals surface area contributed by atoms with Gasteiger partial charge in [0.2, 0.25) is 0 Å². The van der Waals surface area contributed by atoms with E-state index in [1.54, 1.807) is 92.7 Å². The monoisotopic (exact) mass is 769 g/mol. The lowest BCUT2D eigenvalue weighted by Crippen LogP contribution is -2.39. The van der Waals surface area contributed by atoms with Crippen LogP contribution in [0.2, 0.25) is 0 Å². The van der Waals surface area contributed by atoms with Crippen molar-refractivity contribution >= 4 is 30.0 Å². The Hall–Kier alpha value is -4.73. The number of aromatic nitrogens is 2. The minimum atomic E-state index is -0.971. The summed E-state index contributed by atoms with van der Waals surface area (Å²) in [5.41, 5.74) is -1.01. The van der Waals surface area contributed by atoms with Crippen molar-refractivity contribution in [2.75, 3.05) is 27.1 Å². The van der Waals surface area contributed by atoms with Crippen molar-refractivity contribution in [2.24, 2.45) is 5.92 Å². The predicted octanol–water partition coefficient (Wildman–Crippen LogP) is 6.71. The Labute approximate surface area is 322 Å². The molecule has 1 aromatic carbocycles. The van der Waals surface area contributed by atoms with E-state index in [2.05, 4.69) is 4.98 Å². The first-order valence-corrected chi connectivity index (χ1v) is 18.3. The van der Waals surface area contributed by atoms with E-state index in [0.717, 1.165) is 0 Å². The van der Waals surface area contributed by atoms with Crippen LogP contribution in [-0.2, 0) is 39.8 Å². The lowest BCUT2D eigenvalue weighted by Gasteiger charge is -2.27. The van der Waals surface area contributed by atoms with E-state index in [4.69, 9.17) is 37.9 Å². The minimum absolute atomic E-state index is 0.0203. The molecule has 0 spiro atoms. The van der Waals surface area contributed by atoms with E-state index in [0.29, 0.717) is 11.3 Å². The number of imidazole rings is 1. The van der Waals surface area contributed by atoms with Crippen LogP contribution in [0.3, 0.4) is 0 Å². The zero-order valence-electron chi connectivity index (χ0n) is 33.7. The van der Waals surface area contributed by atoms with Gasteiger partial charge in [0.1, 0.15) is 52.9 Å². The summed E-state index contributed by atoms with van der Waals surface area (Å²) in [7, 11) is 1.45. The summed E-state index contributed by atoms with van der Waals surface area (Å²) in [6.45, 7) is 17.3. The quantitative estimate of drug-likeness (QED) is 0.150. The fourth-order valence-electron chi connectivity index (χ4n) is 5.63. The van der Waals surface area contributed by atoms with Crippen LogP contribution in [-0.4, -0.2) is 101 Å². The molecule has 15 nitrogen and oxygen atoms in total. The summed E-state index contributed by atoms with van der Waals surface area (Å²) in [6.07, 6.45) is 6.53. The highest BCUT2D eigenvalue weighted by molar-refractivity contribution is 5.97. The molecule has 1 aromatic heterocycles. The van der Waals surface area contributed by atoms with Gasteiger partial charge in [0, 0.05) is 31.5 Å². The van der Waals surface area contributed by atoms with Crippen LogP contribution in [0.25, 0.3) is 6.08 Å². The molecule has 55 heavy (non-hydrogen) atoms. The normalized spacial score (nSPS) is 22.1. The van der Waals surface area contributed by atoms with Gasteiger partial charge >= 0.3 is 18.2 Å². The average Bonchev–Trinajstić information content (AvgIpc) is 3.66. The first kappa shape index (κ1) is 43.0. The van der Waals surface area contributed by atoms with Crippen LogP contribution in [0.4, 0.5) is 9.59 Å². The number of hydrogen-bond acceptors (Lipinski definition) is 13. The summed E-state index contributed by atoms with van der Waals surface area (Å²) in [6, 6.07) is 3.19. The molecule has 1 saturated heterocycles. The summed E-state index contributed by atoms with van der Waals surface area (Å²) in [4.78, 5) is 59.0. The molecule has 2 aliphatic rings. The molecule has 4 rings (SSSR count). The van der Waals surface area contributed by atoms with Gasteiger partial charge in [0.25, 0.3) is 0 Å². The molecule has 1 amide bonds. The highest BCUT2D eigenvalue weighted by atomic mass is 16.8. The third kappa shape index (κ3) is 12.4. The number of cyclic esters (lactones) is 1. The van der Waals surface area contributed by atoms with Gasteiger partial charge in [-0.2, -0.15) is 0 Å². The number of fused-ring (bicyclic) bond motifs is 2. The third-order valence-corrected chi connectivity index (χ3v) is 8.29. The first-order valence-electron chi connectivity index (χ1n) is 18.3. The zero-order chi connectivity index (χ0) is 40.7. The molecular weight excluding hydrogens is 714 g/mol. The van der Waals surface area contributed by atoms with Crippen LogP contribution >= 0.6 is 0 Å². The largest absolute Gasteiger partial charge is 0.492 e. The molecular formula is C40H55N3O12. The Morgan fingerprint density at radius 1 is 1.00 bits per heavy atom. The van der Waals surface area contributed by atoms with Crippen molar-refractivity contribution in [3.63, 3.8) is 0 Å². The molecule has 0 aliphatic carbocycles. The summed E-state index contributed by atoms with van der Waals surface area (Å²) in [5.74, 6) is -1.47. The second kappa shape index (κ2) is 17.8. The van der Waals surface area contributed by atoms with E-state index in [-0.39, 0.29) is 61.7 Å². The molecule has 15 heteroatoms. The van der Waals surface area contributed by atoms with Crippen LogP contribution in [0.5, 0.6) is 11.5 Å². The Kier molecular flexibility index (Phi) is 13.9. The fraction of sp³-hybridized carbons (Fsp3) is 0.575. The highest BCUT2D eigenvalue weighted by Gasteiger charge is 2.43. The highest BCUT2D eigenvalue weighted by Crippen LogP contribution is 2.34. The summed E-state index contributed by atoms with van der Waals surface area (Å²) < 4.78 is 47.6. The molecule has 0 N–H and O–H groups in total. The van der Waals surface area contributed by atoms with Crippen LogP contribution in [0.15, 0.2) is 42.8 Å². The van der Waals surface area contributed by atoms with Gasteiger partial charge in [-0.1, -0.05) is 25.2 Å². The molecule has 2 aromatic rings. The number of carbonyl (C=O) groups excluding carboxylic acids is 4. The number of amides is 1. The van der Waals surface area contributed by atoms with Crippen molar-refractivity contribution in [3.05, 3.63) is 59.7 Å². The SMILES string of the molecule is COCOc1cc(OCCN(Cc2nccn2C(=O)OC(C)(C)C)C(=O)OC(C)(C)C)cc2c1C(=O)O[C@@H](C)[C@H](C)/C=C\C(=O)C1OC(C)(C)OC1CC=C2. The van der Waals surface area contributed by atoms with Crippen molar-refractivity contribution in [2.45, 2.75) is 118 Å². The summed E-state index contributed by atoms with van der Waals surface area (Å²) >= 11 is 0. The first-order chi connectivity index (χ1) is 25.7. The molecule has 1 fully saturated rings. The third-order valence-electron chi connectivity index (χ3n) is 8.29. The molecule has 0 saturated carbocycles. The van der Waals surface area contributed by atoms with Gasteiger partial charge in [0.05, 0.1) is 19.2 Å². The van der Waals surface area contributed by atoms with E-state index in [1.165, 1.54) is 35.0 Å². The number of esters is 1. The average molecular weight is 770 g/mol. The molecule has 0 bridgehead atoms. The molecule has 3 heterocycles. The standard InChI is InChI=1S/C40H55N3O12/c1-25-15-16-29(44)34-30(52-40(9,10)53-34)14-12-13-27-21-28(22-31(50-24-48-11)33(27)35(45)51-26(25)2)49-20-19-42(36(46)54-38(3,4)5)23-32-41-17-18-43(32)37(47)55-39(6,7)8/h12-13,15-18,21-22,25-26,30,34H,14,19-20,23-24H2,1-11H3/b13-12?,16-15-/t25-,26+,30?,34?/m1/s1. The van der Waals surface area contributed by atoms with E-state index >= 15 is 0 Å². The van der Waals surface area contributed by atoms with Gasteiger partial charge < -0.3 is 37.9 Å². The molecule has 2 unspecified atom stereocenters. The number of rotatable bonds is 9. The lowest BCUT2D eigenvalue weighted by molar-refractivity contribution is -0.152. The second-order valence-electron chi connectivity index (χ2n) is 15.8. The number of methoxy groups -OCH3 is 1. The van der Waals surface area contributed by atoms with Crippen molar-refractivity contribution in [3.8, 4) is 11.5 Å². The fourth-order valence-corrected chi connectivity index (χ4v) is 5.63. The Bertz CT molecular complexity index is 1750. The molecule has 4 atom stereocenters. The van der Waals surface area contributed by atoms with Gasteiger partial charge in [-0.25, -0.2) is 23.9 Å². The number of hydrogen-bond donors (Lipinski definition) is 0. The number of benzene rings is 1. The van der Waals surface area contributed by atoms with Gasteiger partial charge in [0.15, 0.2) is 18.4 Å². The van der Waals surface area contributed by atoms with Gasteiger partial charge in [-0.15, -0.1) is 0 Å². The molecule has 302 valence electrons. The van der Waals surface area contributed by atoms with Crippen LogP contribution in [0, 0.1) is 5.92 Å². The topological polar surface area (TPSA) is 163 Å². The number of carbonyl (C=O) groups is 4. The predicted molar refractivity (Wildman–Crippen MR) is 201 cm³/mol. The number of ether oxygens (including phenoxy) is 8. The maximum atomic E-state index is 13.8. The smallest absolute Gasteiger partial charge is 0.420 e. The van der Waals surface area contributed by atoms with Crippen molar-refractivity contribution in [1.29, 1.82) is 0 Å². The zero-order valence-corrected chi connectivity index (χ0v) is 33.7. The van der Waals surface area contributed by atoms with Gasteiger partial charge in [-0.05, 0) is 86.4 Å². The second-order valence-corrected chi connectivity index (χ2v) is 15.8. The lowest BCUT2D eigenvalue weighted by atomic mass is 9.99. The maximum Gasteiger partial charge on any atom is 0.420 e. The number of ketones is 1. The molecule has 2 aliphatic heterocycles. The van der Waals surface area contributed by atoms with Crippen LogP contribution in [0.1, 0.15) is 97.4 Å². The molecule has 0 radical (unpaired) electrons. The van der Waals surface area contributed by atoms with E-state index in [1.807, 2.05) is 6.92 Å². The van der Waals surface area contributed by atoms with Crippen LogP contribution < -0.4 is 9.47 Å². The van der Waals surface area contributed by atoms with E-state index < -0.39 is 53.5 Å². The Balaban J connectivity index is 1.66. The minimum Gasteiger partial charge on any atom is -0.492 e. The van der Waals surface area contributed by atoms with Crippen molar-refractivity contribution in [1.82, 2.24) is 14.5 Å². The Morgan fingerprint density at radius 2 is 1.71 bits per heavy atom. The number of nitrogens with zero attached hydrogens (tertiary/aromatic N) is 3. The van der Waals surface area contributed by atoms with E-state index in [9.17, 15) is 19.2 Å². The van der Waals surface area contributed by atoms with Gasteiger partial charge in [-0.3, -0.25) is 9.69 Å². The maximum absolute atomic E-state index is 13.8. The summed E-state index contributed by atoms with van der Waals surface area (Å²) in [5, 5.41) is 0. The van der Waals surface area contributed by atoms with Crippen molar-refractivity contribution < 1.29 is 57.1 Å². The Morgan fingerprint density at radius 3 is 2.38 bits per heavy atom.